The van der Waals surface area contributed by atoms with E-state index in [-0.39, 0.29) is 24.1 Å². The minimum absolute atomic E-state index is 0.249. The number of hydrogen-bond donors (Lipinski definition) is 5. The van der Waals surface area contributed by atoms with Crippen molar-refractivity contribution in [1.29, 1.82) is 0 Å². The zero-order valence-corrected chi connectivity index (χ0v) is 22.2. The Morgan fingerprint density at radius 2 is 1.70 bits per heavy atom. The summed E-state index contributed by atoms with van der Waals surface area (Å²) >= 11 is 0. The number of unbranched alkanes of at least 4 members (excludes halogenated alkanes) is 3. The average Bonchev–Trinajstić information content (AvgIpc) is 2.95. The topological polar surface area (TPSA) is 130 Å². The van der Waals surface area contributed by atoms with Gasteiger partial charge in [-0.05, 0) is 66.8 Å². The van der Waals surface area contributed by atoms with Gasteiger partial charge >= 0.3 is 11.9 Å². The lowest BCUT2D eigenvalue weighted by molar-refractivity contribution is -0.129. The van der Waals surface area contributed by atoms with Crippen molar-refractivity contribution >= 4 is 5.91 Å². The van der Waals surface area contributed by atoms with Gasteiger partial charge in [0.15, 0.2) is 11.5 Å². The third kappa shape index (κ3) is 7.43. The van der Waals surface area contributed by atoms with Crippen LogP contribution in [0.15, 0.2) is 66.5 Å². The summed E-state index contributed by atoms with van der Waals surface area (Å²) < 4.78 is 31.0. The maximum atomic E-state index is 14.7. The van der Waals surface area contributed by atoms with E-state index >= 15 is 0 Å². The molecule has 1 aliphatic heterocycles. The van der Waals surface area contributed by atoms with Gasteiger partial charge < -0.3 is 29.7 Å². The highest BCUT2D eigenvalue weighted by molar-refractivity contribution is 5.74. The van der Waals surface area contributed by atoms with Crippen molar-refractivity contribution in [2.24, 2.45) is 0 Å². The zero-order valence-electron chi connectivity index (χ0n) is 22.2. The predicted octanol–water partition coefficient (Wildman–Crippen LogP) is 5.94. The van der Waals surface area contributed by atoms with Gasteiger partial charge in [-0.25, -0.2) is 9.87 Å². The lowest BCUT2D eigenvalue weighted by Gasteiger charge is -2.18. The Morgan fingerprint density at radius 3 is 2.48 bits per heavy atom. The number of ether oxygens (including phenoxy) is 3. The summed E-state index contributed by atoms with van der Waals surface area (Å²) in [6.45, 7) is 3.36. The van der Waals surface area contributed by atoms with E-state index < -0.39 is 11.9 Å². The van der Waals surface area contributed by atoms with Crippen LogP contribution in [-0.4, -0.2) is 27.9 Å². The third-order valence-corrected chi connectivity index (χ3v) is 6.66. The molecule has 0 saturated heterocycles. The van der Waals surface area contributed by atoms with Crippen LogP contribution in [0.1, 0.15) is 48.8 Å². The van der Waals surface area contributed by atoms with Gasteiger partial charge in [0.25, 0.3) is 0 Å². The Hall–Kier alpha value is -4.28. The molecule has 0 saturated carbocycles. The number of hydroxylamine groups is 1. The maximum absolute atomic E-state index is 14.7. The Labute approximate surface area is 231 Å². The van der Waals surface area contributed by atoms with E-state index in [9.17, 15) is 19.4 Å². The predicted molar refractivity (Wildman–Crippen MR) is 146 cm³/mol. The van der Waals surface area contributed by atoms with E-state index in [2.05, 4.69) is 5.32 Å². The summed E-state index contributed by atoms with van der Waals surface area (Å²) in [7, 11) is 0. The molecule has 0 atom stereocenters. The Kier molecular flexibility index (Phi) is 9.82. The number of hydrogen-bond acceptors (Lipinski definition) is 8. The number of aliphatic hydroxyl groups is 2. The van der Waals surface area contributed by atoms with Crippen LogP contribution in [0.3, 0.4) is 0 Å². The highest BCUT2D eigenvalue weighted by atomic mass is 19.1. The molecule has 0 bridgehead atoms. The number of carbonyl (C=O) groups excluding carboxylic acids is 1. The van der Waals surface area contributed by atoms with Gasteiger partial charge in [-0.15, -0.1) is 0 Å². The molecule has 5 N–H and O–H groups in total. The van der Waals surface area contributed by atoms with Gasteiger partial charge in [0.1, 0.15) is 18.2 Å². The highest BCUT2D eigenvalue weighted by Crippen LogP contribution is 2.38. The fraction of sp³-hybridized carbons (Fsp3) is 0.300. The molecule has 1 amide bonds. The molecule has 40 heavy (non-hydrogen) atoms. The first kappa shape index (κ1) is 28.7. The summed E-state index contributed by atoms with van der Waals surface area (Å²) in [6, 6.07) is 15.8. The summed E-state index contributed by atoms with van der Waals surface area (Å²) in [4.78, 5) is 11.0. The molecule has 0 unspecified atom stereocenters. The van der Waals surface area contributed by atoms with E-state index in [0.717, 1.165) is 54.5 Å². The fourth-order valence-electron chi connectivity index (χ4n) is 4.38. The van der Waals surface area contributed by atoms with E-state index in [0.29, 0.717) is 30.0 Å². The molecule has 0 aromatic heterocycles. The second kappa shape index (κ2) is 13.7. The Balaban J connectivity index is 1.28. The zero-order chi connectivity index (χ0) is 28.5. The van der Waals surface area contributed by atoms with Crippen molar-refractivity contribution in [1.82, 2.24) is 10.8 Å². The monoisotopic (exact) mass is 552 g/mol. The van der Waals surface area contributed by atoms with E-state index in [4.69, 9.17) is 19.4 Å². The summed E-state index contributed by atoms with van der Waals surface area (Å²) in [5.41, 5.74) is 5.83. The van der Waals surface area contributed by atoms with Gasteiger partial charge in [-0.1, -0.05) is 43.2 Å². The summed E-state index contributed by atoms with van der Waals surface area (Å²) in [5, 5.41) is 30.8. The van der Waals surface area contributed by atoms with Gasteiger partial charge in [0, 0.05) is 24.6 Å². The molecule has 1 heterocycles. The van der Waals surface area contributed by atoms with Crippen molar-refractivity contribution in [2.75, 3.05) is 6.54 Å². The van der Waals surface area contributed by atoms with E-state index in [1.165, 1.54) is 6.07 Å². The number of rotatable bonds is 13. The van der Waals surface area contributed by atoms with Crippen LogP contribution < -0.4 is 25.0 Å². The molecular weight excluding hydrogens is 519 g/mol. The molecule has 9 nitrogen and oxygen atoms in total. The van der Waals surface area contributed by atoms with Gasteiger partial charge in [0.05, 0.1) is 0 Å². The third-order valence-electron chi connectivity index (χ3n) is 6.66. The number of fused-ring (bicyclic) bond motifs is 1. The number of carbonyl (C=O) groups is 1. The van der Waals surface area contributed by atoms with Gasteiger partial charge in [0.2, 0.25) is 5.91 Å². The maximum Gasteiger partial charge on any atom is 0.367 e. The first-order chi connectivity index (χ1) is 19.4. The Bertz CT molecular complexity index is 1380. The van der Waals surface area contributed by atoms with Crippen molar-refractivity contribution in [3.63, 3.8) is 0 Å². The van der Waals surface area contributed by atoms with Crippen molar-refractivity contribution in [3.05, 3.63) is 89.0 Å². The van der Waals surface area contributed by atoms with Crippen LogP contribution in [0.4, 0.5) is 4.39 Å². The Morgan fingerprint density at radius 1 is 0.925 bits per heavy atom. The molecule has 1 aliphatic rings. The van der Waals surface area contributed by atoms with Gasteiger partial charge in [-0.2, -0.15) is 0 Å². The van der Waals surface area contributed by atoms with Crippen molar-refractivity contribution in [2.45, 2.75) is 52.2 Å². The second-order valence-electron chi connectivity index (χ2n) is 9.48. The molecule has 0 radical (unpaired) electrons. The molecular formula is C30H33FN2O7. The van der Waals surface area contributed by atoms with Crippen LogP contribution >= 0.6 is 0 Å². The van der Waals surface area contributed by atoms with Crippen LogP contribution in [0.5, 0.6) is 17.2 Å². The molecule has 4 rings (SSSR count). The SMILES string of the molecule is Cc1c(COc2ccc(CNCCCCCCC(=O)NO)c(F)c2)cccc1-c1ccc2c(c1)OC(O)=C(O)O2. The number of benzene rings is 3. The molecule has 3 aromatic rings. The average molecular weight is 553 g/mol. The lowest BCUT2D eigenvalue weighted by Crippen LogP contribution is -2.18. The summed E-state index contributed by atoms with van der Waals surface area (Å²) in [6.07, 6.45) is 3.78. The van der Waals surface area contributed by atoms with Crippen molar-refractivity contribution in [3.8, 4) is 28.4 Å². The van der Waals surface area contributed by atoms with Crippen LogP contribution in [0, 0.1) is 12.7 Å². The lowest BCUT2D eigenvalue weighted by atomic mass is 9.96. The normalized spacial score (nSPS) is 12.4. The molecule has 0 spiro atoms. The minimum Gasteiger partial charge on any atom is -0.489 e. The van der Waals surface area contributed by atoms with Gasteiger partial charge in [-0.3, -0.25) is 10.0 Å². The van der Waals surface area contributed by atoms with Crippen LogP contribution in [0.2, 0.25) is 0 Å². The quantitative estimate of drug-likeness (QED) is 0.100. The number of amides is 1. The molecule has 10 heteroatoms. The number of nitrogens with one attached hydrogen (secondary N) is 2. The summed E-state index contributed by atoms with van der Waals surface area (Å²) in [5.74, 6) is -1.10. The minimum atomic E-state index is -0.698. The van der Waals surface area contributed by atoms with Crippen LogP contribution in [0.25, 0.3) is 11.1 Å². The van der Waals surface area contributed by atoms with E-state index in [1.54, 1.807) is 29.7 Å². The fourth-order valence-corrected chi connectivity index (χ4v) is 4.38. The first-order valence-electron chi connectivity index (χ1n) is 13.1. The number of aliphatic hydroxyl groups excluding tert-OH is 2. The molecule has 3 aromatic carbocycles. The molecule has 212 valence electrons. The second-order valence-corrected chi connectivity index (χ2v) is 9.48. The molecule has 0 aliphatic carbocycles. The standard InChI is InChI=1S/C30H33FN2O7/c1-19-22(7-6-8-24(19)20-11-13-26-27(15-20)40-30(36)29(35)39-26)18-38-23-12-10-21(25(31)16-23)17-32-14-5-3-2-4-9-28(34)33-37/h6-8,10-13,15-16,32,35-37H,2-5,9,14,17-18H2,1H3,(H,33,34). The van der Waals surface area contributed by atoms with E-state index in [1.807, 2.05) is 31.2 Å². The molecule has 0 fully saturated rings. The number of halogens is 1. The van der Waals surface area contributed by atoms with Crippen molar-refractivity contribution < 1.29 is 38.8 Å². The first-order valence-corrected chi connectivity index (χ1v) is 13.1. The smallest absolute Gasteiger partial charge is 0.367 e. The largest absolute Gasteiger partial charge is 0.489 e. The van der Waals surface area contributed by atoms with Crippen LogP contribution in [-0.2, 0) is 17.9 Å². The highest BCUT2D eigenvalue weighted by Gasteiger charge is 2.22.